The van der Waals surface area contributed by atoms with Crippen molar-refractivity contribution in [2.45, 2.75) is 117 Å². The van der Waals surface area contributed by atoms with Crippen LogP contribution in [-0.4, -0.2) is 25.6 Å². The lowest BCUT2D eigenvalue weighted by Gasteiger charge is -2.58. The van der Waals surface area contributed by atoms with Gasteiger partial charge in [-0.15, -0.1) is 0 Å². The third-order valence-corrected chi connectivity index (χ3v) is 10.9. The van der Waals surface area contributed by atoms with Gasteiger partial charge in [-0.05, 0) is 112 Å². The Morgan fingerprint density at radius 3 is 2.62 bits per heavy atom. The molecule has 1 unspecified atom stereocenters. The van der Waals surface area contributed by atoms with Crippen LogP contribution < -0.4 is 0 Å². The number of aliphatic hydroxyl groups is 1. The minimum atomic E-state index is -2.16. The van der Waals surface area contributed by atoms with Crippen LogP contribution in [0.25, 0.3) is 0 Å². The van der Waals surface area contributed by atoms with E-state index < -0.39 is 17.0 Å². The number of fused-ring (bicyclic) bond motifs is 5. The minimum absolute atomic E-state index is 0.105. The molecular formula is C27H46O4S. The summed E-state index contributed by atoms with van der Waals surface area (Å²) in [5.74, 6) is 3.93. The van der Waals surface area contributed by atoms with Gasteiger partial charge in [-0.3, -0.25) is 8.74 Å². The number of hydrogen-bond donors (Lipinski definition) is 2. The first kappa shape index (κ1) is 24.9. The molecule has 9 atom stereocenters. The van der Waals surface area contributed by atoms with Crippen molar-refractivity contribution < 1.29 is 18.1 Å². The second kappa shape index (κ2) is 9.09. The van der Waals surface area contributed by atoms with Crippen LogP contribution in [0.3, 0.4) is 0 Å². The van der Waals surface area contributed by atoms with E-state index >= 15 is 0 Å². The molecule has 2 N–H and O–H groups in total. The Hall–Kier alpha value is -0.230. The Kier molecular flexibility index (Phi) is 7.07. The first-order valence-electron chi connectivity index (χ1n) is 13.1. The van der Waals surface area contributed by atoms with Gasteiger partial charge in [0, 0.05) is 0 Å². The van der Waals surface area contributed by atoms with Gasteiger partial charge in [0.2, 0.25) is 0 Å². The molecular weight excluding hydrogens is 420 g/mol. The normalized spacial score (nSPS) is 43.6. The number of hydrogen-bond acceptors (Lipinski definition) is 3. The van der Waals surface area contributed by atoms with Gasteiger partial charge in [-0.25, -0.2) is 0 Å². The first-order chi connectivity index (χ1) is 14.9. The van der Waals surface area contributed by atoms with E-state index in [1.165, 1.54) is 44.1 Å². The fourth-order valence-electron chi connectivity index (χ4n) is 8.86. The lowest BCUT2D eigenvalue weighted by molar-refractivity contribution is -0.0559. The predicted molar refractivity (Wildman–Crippen MR) is 130 cm³/mol. The van der Waals surface area contributed by atoms with Crippen LogP contribution in [0.1, 0.15) is 105 Å². The quantitative estimate of drug-likeness (QED) is 0.325. The molecule has 4 rings (SSSR count). The summed E-state index contributed by atoms with van der Waals surface area (Å²) < 4.78 is 25.6. The van der Waals surface area contributed by atoms with E-state index in [0.717, 1.165) is 61.7 Å². The third-order valence-electron chi connectivity index (χ3n) is 10.5. The van der Waals surface area contributed by atoms with Gasteiger partial charge in [-0.2, -0.15) is 4.21 Å². The summed E-state index contributed by atoms with van der Waals surface area (Å²) in [5, 5.41) is 10.1. The highest BCUT2D eigenvalue weighted by molar-refractivity contribution is 7.74. The van der Waals surface area contributed by atoms with Gasteiger partial charge >= 0.3 is 11.4 Å². The number of rotatable bonds is 7. The maximum atomic E-state index is 11.2. The van der Waals surface area contributed by atoms with E-state index in [1.807, 2.05) is 13.8 Å². The molecule has 0 heterocycles. The van der Waals surface area contributed by atoms with Gasteiger partial charge in [0.25, 0.3) is 0 Å². The maximum absolute atomic E-state index is 11.2. The molecule has 0 aliphatic heterocycles. The lowest BCUT2D eigenvalue weighted by atomic mass is 9.47. The number of allylic oxidation sites excluding steroid dienone is 1. The summed E-state index contributed by atoms with van der Waals surface area (Å²) >= 11 is -2.16. The zero-order chi connectivity index (χ0) is 23.3. The van der Waals surface area contributed by atoms with E-state index in [9.17, 15) is 9.32 Å². The Labute approximate surface area is 198 Å². The van der Waals surface area contributed by atoms with Gasteiger partial charge in [-0.1, -0.05) is 45.3 Å². The Balaban J connectivity index is 1.45. The smallest absolute Gasteiger partial charge is 0.302 e. The highest BCUT2D eigenvalue weighted by Crippen LogP contribution is 2.67. The van der Waals surface area contributed by atoms with Crippen LogP contribution >= 0.6 is 0 Å². The van der Waals surface area contributed by atoms with Crippen molar-refractivity contribution in [1.29, 1.82) is 0 Å². The van der Waals surface area contributed by atoms with Crippen molar-refractivity contribution in [2.75, 3.05) is 0 Å². The lowest BCUT2D eigenvalue weighted by Crippen LogP contribution is -2.51. The molecule has 0 bridgehead atoms. The third kappa shape index (κ3) is 4.65. The van der Waals surface area contributed by atoms with E-state index in [2.05, 4.69) is 26.8 Å². The van der Waals surface area contributed by atoms with Gasteiger partial charge in [0.1, 0.15) is 0 Å². The standard InChI is InChI=1S/C27H46O4S/c1-18(7-6-14-25(2,3)28)22-10-11-23-21-9-8-19-17-20(31-32(29)30)12-15-26(19,4)24(21)13-16-27(22,23)5/h8,18,20-24,28H,6-7,9-17H2,1-5H3,(H,29,30)/t18-,20+,21+,22-,23+,24+,26+,27-/m1/s1. The molecule has 3 fully saturated rings. The molecule has 0 aromatic rings. The summed E-state index contributed by atoms with van der Waals surface area (Å²) in [6.45, 7) is 11.4. The Bertz CT molecular complexity index is 742. The topological polar surface area (TPSA) is 66.8 Å². The second-order valence-electron chi connectivity index (χ2n) is 12.8. The second-order valence-corrected chi connectivity index (χ2v) is 13.5. The maximum Gasteiger partial charge on any atom is 0.302 e. The molecule has 0 radical (unpaired) electrons. The molecule has 5 heteroatoms. The highest BCUT2D eigenvalue weighted by atomic mass is 32.2. The fourth-order valence-corrected chi connectivity index (χ4v) is 9.26. The summed E-state index contributed by atoms with van der Waals surface area (Å²) in [5.41, 5.74) is 1.67. The summed E-state index contributed by atoms with van der Waals surface area (Å²) in [7, 11) is 0. The molecule has 0 aromatic carbocycles. The van der Waals surface area contributed by atoms with Gasteiger partial charge < -0.3 is 5.11 Å². The van der Waals surface area contributed by atoms with Crippen molar-refractivity contribution in [1.82, 2.24) is 0 Å². The predicted octanol–water partition coefficient (Wildman–Crippen LogP) is 6.66. The molecule has 0 amide bonds. The molecule has 4 aliphatic rings. The van der Waals surface area contributed by atoms with E-state index in [1.54, 1.807) is 0 Å². The molecule has 32 heavy (non-hydrogen) atoms. The molecule has 4 nitrogen and oxygen atoms in total. The summed E-state index contributed by atoms with van der Waals surface area (Å²) in [4.78, 5) is 0. The van der Waals surface area contributed by atoms with E-state index in [4.69, 9.17) is 8.74 Å². The summed E-state index contributed by atoms with van der Waals surface area (Å²) in [6.07, 6.45) is 15.1. The zero-order valence-corrected chi connectivity index (χ0v) is 21.8. The molecule has 0 aromatic heterocycles. The minimum Gasteiger partial charge on any atom is -0.390 e. The van der Waals surface area contributed by atoms with Crippen molar-refractivity contribution in [3.8, 4) is 0 Å². The average molecular weight is 467 g/mol. The Morgan fingerprint density at radius 1 is 1.19 bits per heavy atom. The largest absolute Gasteiger partial charge is 0.390 e. The van der Waals surface area contributed by atoms with Crippen molar-refractivity contribution in [3.63, 3.8) is 0 Å². The highest BCUT2D eigenvalue weighted by Gasteiger charge is 2.59. The molecule has 0 saturated heterocycles. The fraction of sp³-hybridized carbons (Fsp3) is 0.926. The SMILES string of the molecule is C[C@H](CCCC(C)(C)O)[C@H]1CC[C@H]2[C@@H]3CC=C4C[C@@H](OS(=O)O)CC[C@]4(C)[C@H]3CC[C@]12C. The molecule has 4 aliphatic carbocycles. The van der Waals surface area contributed by atoms with Crippen molar-refractivity contribution in [3.05, 3.63) is 11.6 Å². The van der Waals surface area contributed by atoms with Crippen LogP contribution in [0.15, 0.2) is 11.6 Å². The van der Waals surface area contributed by atoms with Crippen molar-refractivity contribution >= 4 is 11.4 Å². The Morgan fingerprint density at radius 2 is 1.94 bits per heavy atom. The van der Waals surface area contributed by atoms with E-state index in [0.29, 0.717) is 5.41 Å². The summed E-state index contributed by atoms with van der Waals surface area (Å²) in [6, 6.07) is 0. The van der Waals surface area contributed by atoms with Crippen molar-refractivity contribution in [2.24, 2.45) is 40.4 Å². The van der Waals surface area contributed by atoms with E-state index in [-0.39, 0.29) is 11.5 Å². The van der Waals surface area contributed by atoms with Gasteiger partial charge in [0.05, 0.1) is 11.7 Å². The first-order valence-corrected chi connectivity index (χ1v) is 14.2. The van der Waals surface area contributed by atoms with Crippen LogP contribution in [0, 0.1) is 40.4 Å². The molecule has 184 valence electrons. The van der Waals surface area contributed by atoms with Crippen LogP contribution in [-0.2, 0) is 15.5 Å². The zero-order valence-electron chi connectivity index (χ0n) is 20.9. The van der Waals surface area contributed by atoms with Crippen LogP contribution in [0.4, 0.5) is 0 Å². The monoisotopic (exact) mass is 466 g/mol. The van der Waals surface area contributed by atoms with Crippen LogP contribution in [0.5, 0.6) is 0 Å². The molecule has 0 spiro atoms. The average Bonchev–Trinajstić information content (AvgIpc) is 3.04. The van der Waals surface area contributed by atoms with Crippen LogP contribution in [0.2, 0.25) is 0 Å². The van der Waals surface area contributed by atoms with Gasteiger partial charge in [0.15, 0.2) is 0 Å². The molecule has 3 saturated carbocycles.